The molecule has 1 aromatic heterocycles. The van der Waals surface area contributed by atoms with Crippen LogP contribution in [-0.4, -0.2) is 31.9 Å². The van der Waals surface area contributed by atoms with E-state index in [0.717, 1.165) is 4.90 Å². The summed E-state index contributed by atoms with van der Waals surface area (Å²) in [5.41, 5.74) is -1.62. The smallest absolute Gasteiger partial charge is 0.325 e. The minimum Gasteiger partial charge on any atom is -0.339 e. The number of nitro groups is 1. The van der Waals surface area contributed by atoms with E-state index in [1.54, 1.807) is 6.07 Å². The van der Waals surface area contributed by atoms with Crippen LogP contribution in [0.4, 0.5) is 10.5 Å². The number of non-ortho nitro benzene ring substituents is 1. The number of urea groups is 1. The molecule has 0 spiro atoms. The van der Waals surface area contributed by atoms with Gasteiger partial charge in [-0.25, -0.2) is 4.79 Å². The number of carbonyl (C=O) groups is 2. The summed E-state index contributed by atoms with van der Waals surface area (Å²) >= 11 is 0. The molecule has 27 heavy (non-hydrogen) atoms. The summed E-state index contributed by atoms with van der Waals surface area (Å²) < 4.78 is 5.18. The first-order valence-electron chi connectivity index (χ1n) is 8.24. The Kier molecular flexibility index (Phi) is 4.21. The second kappa shape index (κ2) is 6.15. The number of imide groups is 1. The molecule has 0 bridgehead atoms. The molecule has 0 aliphatic carbocycles. The molecular formula is C17H19N5O5. The first-order valence-corrected chi connectivity index (χ1v) is 8.24. The quantitative estimate of drug-likeness (QED) is 0.494. The number of hydrogen-bond acceptors (Lipinski definition) is 7. The third-order valence-electron chi connectivity index (χ3n) is 4.32. The van der Waals surface area contributed by atoms with Gasteiger partial charge < -0.3 is 9.84 Å². The van der Waals surface area contributed by atoms with Gasteiger partial charge in [-0.3, -0.25) is 19.8 Å². The minimum absolute atomic E-state index is 0.158. The molecule has 1 aromatic carbocycles. The monoisotopic (exact) mass is 373 g/mol. The highest BCUT2D eigenvalue weighted by atomic mass is 16.6. The van der Waals surface area contributed by atoms with Gasteiger partial charge in [0.25, 0.3) is 11.6 Å². The van der Waals surface area contributed by atoms with Gasteiger partial charge in [0.1, 0.15) is 5.54 Å². The molecule has 0 saturated carbocycles. The van der Waals surface area contributed by atoms with E-state index in [1.807, 2.05) is 20.8 Å². The van der Waals surface area contributed by atoms with Crippen molar-refractivity contribution >= 4 is 17.6 Å². The summed E-state index contributed by atoms with van der Waals surface area (Å²) in [5, 5.41) is 17.4. The lowest BCUT2D eigenvalue weighted by Gasteiger charge is -2.21. The zero-order chi connectivity index (χ0) is 20.0. The van der Waals surface area contributed by atoms with E-state index >= 15 is 0 Å². The molecule has 142 valence electrons. The first kappa shape index (κ1) is 18.5. The number of aromatic nitrogens is 2. The lowest BCUT2D eigenvalue weighted by atomic mass is 9.91. The van der Waals surface area contributed by atoms with Crippen LogP contribution in [0.2, 0.25) is 0 Å². The van der Waals surface area contributed by atoms with Gasteiger partial charge in [0.15, 0.2) is 5.82 Å². The average Bonchev–Trinajstić information content (AvgIpc) is 3.15. The summed E-state index contributed by atoms with van der Waals surface area (Å²) in [6, 6.07) is 4.99. The van der Waals surface area contributed by atoms with Crippen LogP contribution in [0.15, 0.2) is 28.8 Å². The van der Waals surface area contributed by atoms with Gasteiger partial charge in [-0.2, -0.15) is 4.98 Å². The zero-order valence-corrected chi connectivity index (χ0v) is 15.3. The maximum absolute atomic E-state index is 12.9. The summed E-state index contributed by atoms with van der Waals surface area (Å²) in [6.07, 6.45) is 0. The van der Waals surface area contributed by atoms with Crippen molar-refractivity contribution in [3.8, 4) is 0 Å². The molecule has 3 amide bonds. The molecular weight excluding hydrogens is 354 g/mol. The van der Waals surface area contributed by atoms with Crippen molar-refractivity contribution in [3.05, 3.63) is 51.7 Å². The molecule has 10 nitrogen and oxygen atoms in total. The Labute approximate surface area is 154 Å². The maximum atomic E-state index is 12.9. The standard InChI is InChI=1S/C17H19N5O5/c1-16(2,3)13-18-12(20-27-13)9-21-14(23)17(4,19-15(21)24)10-6-5-7-11(8-10)22(25)26/h5-8H,9H2,1-4H3,(H,19,24)/t17-/m1/s1. The summed E-state index contributed by atoms with van der Waals surface area (Å²) in [6.45, 7) is 7.05. The Bertz CT molecular complexity index is 932. The van der Waals surface area contributed by atoms with Crippen molar-refractivity contribution in [2.45, 2.75) is 45.2 Å². The van der Waals surface area contributed by atoms with Crippen LogP contribution in [-0.2, 0) is 22.3 Å². The summed E-state index contributed by atoms with van der Waals surface area (Å²) in [4.78, 5) is 40.9. The average molecular weight is 373 g/mol. The van der Waals surface area contributed by atoms with E-state index in [4.69, 9.17) is 4.52 Å². The van der Waals surface area contributed by atoms with Gasteiger partial charge in [0, 0.05) is 17.5 Å². The molecule has 1 atom stereocenters. The van der Waals surface area contributed by atoms with Crippen molar-refractivity contribution in [3.63, 3.8) is 0 Å². The number of nitrogens with zero attached hydrogens (tertiary/aromatic N) is 4. The number of amides is 3. The van der Waals surface area contributed by atoms with Gasteiger partial charge in [-0.05, 0) is 12.5 Å². The highest BCUT2D eigenvalue weighted by Crippen LogP contribution is 2.31. The number of carbonyl (C=O) groups excluding carboxylic acids is 2. The Morgan fingerprint density at radius 1 is 1.33 bits per heavy atom. The van der Waals surface area contributed by atoms with Crippen molar-refractivity contribution < 1.29 is 19.0 Å². The molecule has 3 rings (SSSR count). The van der Waals surface area contributed by atoms with Gasteiger partial charge in [-0.1, -0.05) is 38.1 Å². The van der Waals surface area contributed by atoms with E-state index in [0.29, 0.717) is 11.5 Å². The lowest BCUT2D eigenvalue weighted by Crippen LogP contribution is -2.40. The van der Waals surface area contributed by atoms with Gasteiger partial charge >= 0.3 is 6.03 Å². The molecule has 0 radical (unpaired) electrons. The number of benzene rings is 1. The molecule has 1 N–H and O–H groups in total. The molecule has 1 aliphatic heterocycles. The highest BCUT2D eigenvalue weighted by Gasteiger charge is 2.49. The van der Waals surface area contributed by atoms with Crippen LogP contribution in [0.25, 0.3) is 0 Å². The minimum atomic E-state index is -1.42. The van der Waals surface area contributed by atoms with Crippen LogP contribution >= 0.6 is 0 Å². The van der Waals surface area contributed by atoms with Crippen LogP contribution in [0.5, 0.6) is 0 Å². The van der Waals surface area contributed by atoms with Crippen molar-refractivity contribution in [1.82, 2.24) is 20.4 Å². The predicted octanol–water partition coefficient (Wildman–Crippen LogP) is 2.24. The zero-order valence-electron chi connectivity index (χ0n) is 15.3. The normalized spacial score (nSPS) is 20.1. The van der Waals surface area contributed by atoms with Gasteiger partial charge in [0.05, 0.1) is 11.5 Å². The number of nitro benzene ring substituents is 1. The van der Waals surface area contributed by atoms with Crippen molar-refractivity contribution in [2.24, 2.45) is 0 Å². The Morgan fingerprint density at radius 3 is 2.63 bits per heavy atom. The second-order valence-electron chi connectivity index (χ2n) is 7.52. The topological polar surface area (TPSA) is 131 Å². The fourth-order valence-electron chi connectivity index (χ4n) is 2.73. The number of rotatable bonds is 4. The molecule has 1 saturated heterocycles. The van der Waals surface area contributed by atoms with E-state index in [2.05, 4.69) is 15.5 Å². The van der Waals surface area contributed by atoms with E-state index in [1.165, 1.54) is 25.1 Å². The Hall–Kier alpha value is -3.30. The Morgan fingerprint density at radius 2 is 2.04 bits per heavy atom. The predicted molar refractivity (Wildman–Crippen MR) is 92.5 cm³/mol. The Balaban J connectivity index is 1.87. The van der Waals surface area contributed by atoms with Crippen LogP contribution in [0.1, 0.15) is 45.0 Å². The summed E-state index contributed by atoms with van der Waals surface area (Å²) in [5.74, 6) is 0.0489. The lowest BCUT2D eigenvalue weighted by molar-refractivity contribution is -0.385. The molecule has 1 aliphatic rings. The number of hydrogen-bond donors (Lipinski definition) is 1. The third-order valence-corrected chi connectivity index (χ3v) is 4.32. The van der Waals surface area contributed by atoms with Crippen molar-refractivity contribution in [1.29, 1.82) is 0 Å². The van der Waals surface area contributed by atoms with Crippen LogP contribution in [0.3, 0.4) is 0 Å². The van der Waals surface area contributed by atoms with Crippen LogP contribution in [0, 0.1) is 10.1 Å². The fraction of sp³-hybridized carbons (Fsp3) is 0.412. The van der Waals surface area contributed by atoms with Gasteiger partial charge in [0.2, 0.25) is 5.89 Å². The fourth-order valence-corrected chi connectivity index (χ4v) is 2.73. The summed E-state index contributed by atoms with van der Waals surface area (Å²) in [7, 11) is 0. The SMILES string of the molecule is CC(C)(C)c1nc(CN2C(=O)N[C@](C)(c3cccc([N+](=O)[O-])c3)C2=O)no1. The van der Waals surface area contributed by atoms with E-state index in [9.17, 15) is 19.7 Å². The van der Waals surface area contributed by atoms with E-state index in [-0.39, 0.29) is 23.5 Å². The molecule has 1 fully saturated rings. The molecule has 2 heterocycles. The second-order valence-corrected chi connectivity index (χ2v) is 7.52. The first-order chi connectivity index (χ1) is 12.5. The van der Waals surface area contributed by atoms with E-state index < -0.39 is 22.4 Å². The highest BCUT2D eigenvalue weighted by molar-refractivity contribution is 6.07. The molecule has 10 heteroatoms. The molecule has 0 unspecified atom stereocenters. The van der Waals surface area contributed by atoms with Crippen molar-refractivity contribution in [2.75, 3.05) is 0 Å². The van der Waals surface area contributed by atoms with Crippen LogP contribution < -0.4 is 5.32 Å². The largest absolute Gasteiger partial charge is 0.339 e. The molecule has 2 aromatic rings. The maximum Gasteiger partial charge on any atom is 0.325 e. The number of nitrogens with one attached hydrogen (secondary N) is 1. The third kappa shape index (κ3) is 3.25. The van der Waals surface area contributed by atoms with Gasteiger partial charge in [-0.15, -0.1) is 0 Å².